The van der Waals surface area contributed by atoms with E-state index < -0.39 is 0 Å². The number of ether oxygens (including phenoxy) is 1. The highest BCUT2D eigenvalue weighted by Gasteiger charge is 2.34. The van der Waals surface area contributed by atoms with Gasteiger partial charge in [0.1, 0.15) is 0 Å². The van der Waals surface area contributed by atoms with Gasteiger partial charge in [0.25, 0.3) is 0 Å². The zero-order valence-corrected chi connectivity index (χ0v) is 14.0. The Hall–Kier alpha value is -0.810. The van der Waals surface area contributed by atoms with Gasteiger partial charge in [0, 0.05) is 30.8 Å². The van der Waals surface area contributed by atoms with E-state index in [1.165, 1.54) is 0 Å². The number of likely N-dealkylation sites (N-methyl/N-ethyl adjacent to an activating group) is 1. The van der Waals surface area contributed by atoms with Crippen LogP contribution in [-0.4, -0.2) is 62.3 Å². The van der Waals surface area contributed by atoms with E-state index in [4.69, 9.17) is 9.73 Å². The van der Waals surface area contributed by atoms with Crippen molar-refractivity contribution in [3.05, 3.63) is 0 Å². The second kappa shape index (κ2) is 7.27. The fraction of sp³-hybridized carbons (Fsp3) is 0.933. The first-order chi connectivity index (χ1) is 9.29. The first kappa shape index (κ1) is 17.2. The van der Waals surface area contributed by atoms with Crippen LogP contribution in [-0.2, 0) is 4.74 Å². The summed E-state index contributed by atoms with van der Waals surface area (Å²) in [5.41, 5.74) is 0.139. The quantitative estimate of drug-likeness (QED) is 0.606. The fourth-order valence-corrected chi connectivity index (χ4v) is 2.39. The highest BCUT2D eigenvalue weighted by Crippen LogP contribution is 2.26. The van der Waals surface area contributed by atoms with Gasteiger partial charge in [-0.05, 0) is 54.6 Å². The second-order valence-electron chi connectivity index (χ2n) is 6.80. The highest BCUT2D eigenvalue weighted by atomic mass is 16.5. The molecule has 2 N–H and O–H groups in total. The van der Waals surface area contributed by atoms with Crippen LogP contribution in [0.1, 0.15) is 40.5 Å². The number of guanidine groups is 1. The molecule has 118 valence electrons. The van der Waals surface area contributed by atoms with Gasteiger partial charge in [-0.15, -0.1) is 0 Å². The average molecular weight is 284 g/mol. The van der Waals surface area contributed by atoms with E-state index in [0.29, 0.717) is 0 Å². The van der Waals surface area contributed by atoms with Gasteiger partial charge in [-0.2, -0.15) is 0 Å². The minimum atomic E-state index is 0.0158. The van der Waals surface area contributed by atoms with E-state index in [0.717, 1.165) is 45.1 Å². The molecule has 0 amide bonds. The number of aliphatic imine (C=N–C) groups is 1. The van der Waals surface area contributed by atoms with Gasteiger partial charge >= 0.3 is 0 Å². The molecule has 1 fully saturated rings. The third-order valence-electron chi connectivity index (χ3n) is 3.74. The van der Waals surface area contributed by atoms with Crippen LogP contribution in [0.3, 0.4) is 0 Å². The van der Waals surface area contributed by atoms with E-state index >= 15 is 0 Å². The number of nitrogens with zero attached hydrogens (tertiary/aromatic N) is 2. The summed E-state index contributed by atoms with van der Waals surface area (Å²) in [5.74, 6) is 0.896. The summed E-state index contributed by atoms with van der Waals surface area (Å²) in [5, 5.41) is 6.77. The normalized spacial score (nSPS) is 20.1. The monoisotopic (exact) mass is 284 g/mol. The van der Waals surface area contributed by atoms with Crippen molar-refractivity contribution < 1.29 is 4.74 Å². The largest absolute Gasteiger partial charge is 0.381 e. The molecule has 0 bridgehead atoms. The lowest BCUT2D eigenvalue weighted by Gasteiger charge is -2.41. The third-order valence-corrected chi connectivity index (χ3v) is 3.74. The summed E-state index contributed by atoms with van der Waals surface area (Å²) in [7, 11) is 4.29. The summed E-state index contributed by atoms with van der Waals surface area (Å²) in [6, 6.07) is 0. The molecule has 0 saturated carbocycles. The molecular formula is C15H32N4O. The molecule has 5 heteroatoms. The Morgan fingerprint density at radius 2 is 1.85 bits per heavy atom. The predicted octanol–water partition coefficient (Wildman–Crippen LogP) is 1.45. The van der Waals surface area contributed by atoms with Gasteiger partial charge in [0.2, 0.25) is 0 Å². The maximum atomic E-state index is 5.50. The van der Waals surface area contributed by atoms with E-state index in [-0.39, 0.29) is 11.1 Å². The number of hydrogen-bond acceptors (Lipinski definition) is 3. The van der Waals surface area contributed by atoms with Gasteiger partial charge in [0.05, 0.1) is 6.54 Å². The average Bonchev–Trinajstić information content (AvgIpc) is 2.35. The van der Waals surface area contributed by atoms with Gasteiger partial charge < -0.3 is 20.3 Å². The maximum Gasteiger partial charge on any atom is 0.191 e. The molecule has 1 aliphatic rings. The Morgan fingerprint density at radius 1 is 1.25 bits per heavy atom. The molecule has 0 aliphatic carbocycles. The molecule has 0 spiro atoms. The van der Waals surface area contributed by atoms with Gasteiger partial charge in [-0.3, -0.25) is 4.99 Å². The van der Waals surface area contributed by atoms with E-state index in [9.17, 15) is 0 Å². The van der Waals surface area contributed by atoms with Crippen LogP contribution < -0.4 is 10.6 Å². The van der Waals surface area contributed by atoms with Crippen molar-refractivity contribution in [3.8, 4) is 0 Å². The van der Waals surface area contributed by atoms with Crippen LogP contribution in [0.15, 0.2) is 4.99 Å². The molecule has 0 radical (unpaired) electrons. The zero-order chi connectivity index (χ0) is 15.2. The van der Waals surface area contributed by atoms with Crippen LogP contribution in [0.4, 0.5) is 0 Å². The highest BCUT2D eigenvalue weighted by molar-refractivity contribution is 5.80. The predicted molar refractivity (Wildman–Crippen MR) is 85.3 cm³/mol. The molecule has 0 unspecified atom stereocenters. The van der Waals surface area contributed by atoms with Crippen molar-refractivity contribution in [2.45, 2.75) is 51.6 Å². The molecule has 1 heterocycles. The van der Waals surface area contributed by atoms with Crippen LogP contribution in [0.2, 0.25) is 0 Å². The molecule has 0 atom stereocenters. The lowest BCUT2D eigenvalue weighted by Crippen LogP contribution is -2.53. The van der Waals surface area contributed by atoms with Crippen LogP contribution in [0.5, 0.6) is 0 Å². The van der Waals surface area contributed by atoms with Crippen molar-refractivity contribution in [2.24, 2.45) is 4.99 Å². The maximum absolute atomic E-state index is 5.50. The van der Waals surface area contributed by atoms with Crippen molar-refractivity contribution >= 4 is 5.96 Å². The Kier molecular flexibility index (Phi) is 6.27. The fourth-order valence-electron chi connectivity index (χ4n) is 2.39. The Balaban J connectivity index is 2.76. The summed E-state index contributed by atoms with van der Waals surface area (Å²) in [6.45, 7) is 11.9. The van der Waals surface area contributed by atoms with Crippen LogP contribution >= 0.6 is 0 Å². The second-order valence-corrected chi connectivity index (χ2v) is 6.80. The Bertz CT molecular complexity index is 314. The molecule has 0 aromatic carbocycles. The smallest absolute Gasteiger partial charge is 0.191 e. The van der Waals surface area contributed by atoms with Crippen LogP contribution in [0.25, 0.3) is 0 Å². The van der Waals surface area contributed by atoms with E-state index in [2.05, 4.69) is 57.3 Å². The number of hydrogen-bond donors (Lipinski definition) is 2. The molecular weight excluding hydrogens is 252 g/mol. The first-order valence-electron chi connectivity index (χ1n) is 7.61. The molecule has 0 aromatic heterocycles. The standard InChI is InChI=1S/C15H32N4O/c1-7-16-13(18-14(2,3)4)17-12-15(19(5)6)8-10-20-11-9-15/h7-12H2,1-6H3,(H2,16,17,18). The minimum Gasteiger partial charge on any atom is -0.381 e. The Morgan fingerprint density at radius 3 is 2.30 bits per heavy atom. The minimum absolute atomic E-state index is 0.0158. The summed E-state index contributed by atoms with van der Waals surface area (Å²) in [6.07, 6.45) is 2.08. The van der Waals surface area contributed by atoms with Gasteiger partial charge in [-0.25, -0.2) is 0 Å². The molecule has 1 aliphatic heterocycles. The van der Waals surface area contributed by atoms with Gasteiger partial charge in [0.15, 0.2) is 5.96 Å². The summed E-state index contributed by atoms with van der Waals surface area (Å²) < 4.78 is 5.50. The zero-order valence-electron chi connectivity index (χ0n) is 14.0. The van der Waals surface area contributed by atoms with Crippen molar-refractivity contribution in [1.82, 2.24) is 15.5 Å². The van der Waals surface area contributed by atoms with Crippen molar-refractivity contribution in [2.75, 3.05) is 40.4 Å². The van der Waals surface area contributed by atoms with Gasteiger partial charge in [-0.1, -0.05) is 0 Å². The van der Waals surface area contributed by atoms with E-state index in [1.54, 1.807) is 0 Å². The number of nitrogens with one attached hydrogen (secondary N) is 2. The molecule has 1 saturated heterocycles. The lowest BCUT2D eigenvalue weighted by atomic mass is 9.89. The Labute approximate surface area is 124 Å². The summed E-state index contributed by atoms with van der Waals surface area (Å²) >= 11 is 0. The van der Waals surface area contributed by atoms with E-state index in [1.807, 2.05) is 0 Å². The first-order valence-corrected chi connectivity index (χ1v) is 7.61. The van der Waals surface area contributed by atoms with Crippen LogP contribution in [0, 0.1) is 0 Å². The molecule has 0 aromatic rings. The van der Waals surface area contributed by atoms with Crippen molar-refractivity contribution in [3.63, 3.8) is 0 Å². The topological polar surface area (TPSA) is 48.9 Å². The molecule has 5 nitrogen and oxygen atoms in total. The molecule has 20 heavy (non-hydrogen) atoms. The SMILES string of the molecule is CCNC(=NCC1(N(C)C)CCOCC1)NC(C)(C)C. The summed E-state index contributed by atoms with van der Waals surface area (Å²) in [4.78, 5) is 7.12. The lowest BCUT2D eigenvalue weighted by molar-refractivity contribution is -0.00256. The molecule has 1 rings (SSSR count). The number of rotatable bonds is 4. The third kappa shape index (κ3) is 5.29. The van der Waals surface area contributed by atoms with Crippen molar-refractivity contribution in [1.29, 1.82) is 0 Å².